The third kappa shape index (κ3) is 2.81. The molecule has 120 valence electrons. The SMILES string of the molecule is C=CCN1C(=O)c2ccc(C(=O)Nc3cccc(Cl)c3)cc2C1=O. The van der Waals surface area contributed by atoms with Crippen molar-refractivity contribution in [2.75, 3.05) is 11.9 Å². The van der Waals surface area contributed by atoms with Gasteiger partial charge in [0.05, 0.1) is 11.1 Å². The van der Waals surface area contributed by atoms with Gasteiger partial charge in [0, 0.05) is 22.8 Å². The van der Waals surface area contributed by atoms with Crippen molar-refractivity contribution < 1.29 is 14.4 Å². The lowest BCUT2D eigenvalue weighted by Crippen LogP contribution is -2.29. The van der Waals surface area contributed by atoms with Crippen molar-refractivity contribution in [1.82, 2.24) is 4.90 Å². The van der Waals surface area contributed by atoms with Gasteiger partial charge in [0.15, 0.2) is 0 Å². The third-order valence-electron chi connectivity index (χ3n) is 3.63. The molecule has 2 aromatic carbocycles. The topological polar surface area (TPSA) is 66.5 Å². The van der Waals surface area contributed by atoms with E-state index in [-0.39, 0.29) is 29.5 Å². The molecule has 0 aromatic heterocycles. The summed E-state index contributed by atoms with van der Waals surface area (Å²) >= 11 is 5.88. The Bertz CT molecular complexity index is 876. The Morgan fingerprint density at radius 2 is 1.88 bits per heavy atom. The standard InChI is InChI=1S/C18H13ClN2O3/c1-2-8-21-17(23)14-7-6-11(9-15(14)18(21)24)16(22)20-13-5-3-4-12(19)10-13/h2-7,9-10H,1,8H2,(H,20,22). The summed E-state index contributed by atoms with van der Waals surface area (Å²) in [5.74, 6) is -1.19. The molecule has 0 aliphatic carbocycles. The summed E-state index contributed by atoms with van der Waals surface area (Å²) in [5.41, 5.74) is 1.35. The molecule has 0 unspecified atom stereocenters. The molecule has 0 radical (unpaired) electrons. The van der Waals surface area contributed by atoms with Gasteiger partial charge in [-0.1, -0.05) is 23.7 Å². The number of benzene rings is 2. The number of carbonyl (C=O) groups excluding carboxylic acids is 3. The number of rotatable bonds is 4. The van der Waals surface area contributed by atoms with E-state index in [0.717, 1.165) is 4.90 Å². The van der Waals surface area contributed by atoms with Crippen molar-refractivity contribution in [3.63, 3.8) is 0 Å². The van der Waals surface area contributed by atoms with E-state index in [1.54, 1.807) is 24.3 Å². The molecule has 0 saturated carbocycles. The first-order valence-corrected chi connectivity index (χ1v) is 7.57. The average Bonchev–Trinajstić information content (AvgIpc) is 2.80. The van der Waals surface area contributed by atoms with Crippen molar-refractivity contribution in [1.29, 1.82) is 0 Å². The predicted molar refractivity (Wildman–Crippen MR) is 91.4 cm³/mol. The molecule has 6 heteroatoms. The fourth-order valence-electron chi connectivity index (χ4n) is 2.50. The minimum atomic E-state index is -0.424. The van der Waals surface area contributed by atoms with E-state index in [1.807, 2.05) is 0 Å². The van der Waals surface area contributed by atoms with E-state index in [9.17, 15) is 14.4 Å². The van der Waals surface area contributed by atoms with Crippen molar-refractivity contribution in [2.45, 2.75) is 0 Å². The van der Waals surface area contributed by atoms with Crippen LogP contribution >= 0.6 is 11.6 Å². The van der Waals surface area contributed by atoms with Gasteiger partial charge < -0.3 is 5.32 Å². The fourth-order valence-corrected chi connectivity index (χ4v) is 2.69. The van der Waals surface area contributed by atoms with E-state index in [1.165, 1.54) is 24.3 Å². The van der Waals surface area contributed by atoms with E-state index in [0.29, 0.717) is 16.3 Å². The first kappa shape index (κ1) is 16.0. The van der Waals surface area contributed by atoms with Crippen LogP contribution in [0.5, 0.6) is 0 Å². The number of fused-ring (bicyclic) bond motifs is 1. The highest BCUT2D eigenvalue weighted by Gasteiger charge is 2.35. The van der Waals surface area contributed by atoms with Crippen LogP contribution in [0.25, 0.3) is 0 Å². The van der Waals surface area contributed by atoms with Crippen LogP contribution < -0.4 is 5.32 Å². The van der Waals surface area contributed by atoms with Crippen molar-refractivity contribution in [2.24, 2.45) is 0 Å². The second-order valence-electron chi connectivity index (χ2n) is 5.23. The summed E-state index contributed by atoms with van der Waals surface area (Å²) in [6.07, 6.45) is 1.48. The van der Waals surface area contributed by atoms with Crippen molar-refractivity contribution in [3.05, 3.63) is 76.8 Å². The summed E-state index contributed by atoms with van der Waals surface area (Å²) in [6, 6.07) is 11.2. The van der Waals surface area contributed by atoms with Crippen LogP contribution in [-0.2, 0) is 0 Å². The highest BCUT2D eigenvalue weighted by atomic mass is 35.5. The van der Waals surface area contributed by atoms with Gasteiger partial charge in [-0.25, -0.2) is 0 Å². The minimum Gasteiger partial charge on any atom is -0.322 e. The number of amides is 3. The maximum atomic E-state index is 12.3. The van der Waals surface area contributed by atoms with Crippen LogP contribution in [0.2, 0.25) is 5.02 Å². The summed E-state index contributed by atoms with van der Waals surface area (Å²) in [4.78, 5) is 37.9. The summed E-state index contributed by atoms with van der Waals surface area (Å²) in [7, 11) is 0. The van der Waals surface area contributed by atoms with E-state index in [4.69, 9.17) is 11.6 Å². The quantitative estimate of drug-likeness (QED) is 0.685. The molecule has 0 bridgehead atoms. The normalized spacial score (nSPS) is 13.0. The van der Waals surface area contributed by atoms with Gasteiger partial charge >= 0.3 is 0 Å². The Kier molecular flexibility index (Phi) is 4.18. The van der Waals surface area contributed by atoms with E-state index >= 15 is 0 Å². The Balaban J connectivity index is 1.87. The molecular formula is C18H13ClN2O3. The first-order chi connectivity index (χ1) is 11.5. The van der Waals surface area contributed by atoms with Crippen LogP contribution in [0.4, 0.5) is 5.69 Å². The highest BCUT2D eigenvalue weighted by Crippen LogP contribution is 2.24. The highest BCUT2D eigenvalue weighted by molar-refractivity contribution is 6.31. The zero-order chi connectivity index (χ0) is 17.3. The van der Waals surface area contributed by atoms with Gasteiger partial charge in [-0.15, -0.1) is 6.58 Å². The number of hydrogen-bond donors (Lipinski definition) is 1. The summed E-state index contributed by atoms with van der Waals surface area (Å²) in [6.45, 7) is 3.67. The lowest BCUT2D eigenvalue weighted by molar-refractivity contribution is 0.0672. The lowest BCUT2D eigenvalue weighted by atomic mass is 10.1. The van der Waals surface area contributed by atoms with Gasteiger partial charge in [-0.2, -0.15) is 0 Å². The van der Waals surface area contributed by atoms with Gasteiger partial charge in [0.1, 0.15) is 0 Å². The number of nitrogens with zero attached hydrogens (tertiary/aromatic N) is 1. The molecule has 24 heavy (non-hydrogen) atoms. The molecule has 0 fully saturated rings. The second kappa shape index (κ2) is 6.29. The van der Waals surface area contributed by atoms with Crippen molar-refractivity contribution >= 4 is 35.0 Å². The van der Waals surface area contributed by atoms with Gasteiger partial charge in [0.25, 0.3) is 17.7 Å². The Hall–Kier alpha value is -2.92. The fraction of sp³-hybridized carbons (Fsp3) is 0.0556. The molecule has 0 saturated heterocycles. The first-order valence-electron chi connectivity index (χ1n) is 7.19. The molecule has 1 heterocycles. The number of halogens is 1. The number of imide groups is 1. The molecule has 2 aromatic rings. The zero-order valence-electron chi connectivity index (χ0n) is 12.6. The monoisotopic (exact) mass is 340 g/mol. The molecule has 0 atom stereocenters. The molecule has 1 N–H and O–H groups in total. The predicted octanol–water partition coefficient (Wildman–Crippen LogP) is 3.37. The molecule has 3 rings (SSSR count). The van der Waals surface area contributed by atoms with E-state index in [2.05, 4.69) is 11.9 Å². The van der Waals surface area contributed by atoms with Crippen LogP contribution in [-0.4, -0.2) is 29.2 Å². The number of anilines is 1. The Morgan fingerprint density at radius 3 is 2.58 bits per heavy atom. The van der Waals surface area contributed by atoms with Crippen LogP contribution in [0.1, 0.15) is 31.1 Å². The van der Waals surface area contributed by atoms with Gasteiger partial charge in [-0.3, -0.25) is 19.3 Å². The number of carbonyl (C=O) groups is 3. The molecule has 5 nitrogen and oxygen atoms in total. The third-order valence-corrected chi connectivity index (χ3v) is 3.86. The lowest BCUT2D eigenvalue weighted by Gasteiger charge is -2.09. The van der Waals surface area contributed by atoms with Crippen LogP contribution in [0.3, 0.4) is 0 Å². The number of nitrogens with one attached hydrogen (secondary N) is 1. The van der Waals surface area contributed by atoms with Crippen molar-refractivity contribution in [3.8, 4) is 0 Å². The summed E-state index contributed by atoms with van der Waals surface area (Å²) in [5, 5.41) is 3.21. The zero-order valence-corrected chi connectivity index (χ0v) is 13.3. The van der Waals surface area contributed by atoms with Gasteiger partial charge in [-0.05, 0) is 36.4 Å². The van der Waals surface area contributed by atoms with E-state index < -0.39 is 5.91 Å². The Labute approximate surface area is 143 Å². The summed E-state index contributed by atoms with van der Waals surface area (Å²) < 4.78 is 0. The maximum Gasteiger partial charge on any atom is 0.261 e. The molecular weight excluding hydrogens is 328 g/mol. The Morgan fingerprint density at radius 1 is 1.12 bits per heavy atom. The largest absolute Gasteiger partial charge is 0.322 e. The maximum absolute atomic E-state index is 12.3. The van der Waals surface area contributed by atoms with Gasteiger partial charge in [0.2, 0.25) is 0 Å². The van der Waals surface area contributed by atoms with Crippen LogP contribution in [0, 0.1) is 0 Å². The minimum absolute atomic E-state index is 0.135. The average molecular weight is 341 g/mol. The number of hydrogen-bond acceptors (Lipinski definition) is 3. The molecule has 1 aliphatic heterocycles. The molecule has 1 aliphatic rings. The smallest absolute Gasteiger partial charge is 0.261 e. The second-order valence-corrected chi connectivity index (χ2v) is 5.67. The molecule has 3 amide bonds. The van der Waals surface area contributed by atoms with Crippen LogP contribution in [0.15, 0.2) is 55.1 Å². The molecule has 0 spiro atoms.